The quantitative estimate of drug-likeness (QED) is 0.686. The number of carbonyl (C=O) groups excluding carboxylic acids is 2. The van der Waals surface area contributed by atoms with Crippen LogP contribution in [0.1, 0.15) is 47.6 Å². The van der Waals surface area contributed by atoms with Crippen LogP contribution < -0.4 is 10.6 Å². The van der Waals surface area contributed by atoms with Crippen LogP contribution in [0.5, 0.6) is 0 Å². The second kappa shape index (κ2) is 9.03. The van der Waals surface area contributed by atoms with E-state index in [0.717, 1.165) is 12.8 Å². The lowest BCUT2D eigenvalue weighted by atomic mass is 9.96. The molecule has 2 rings (SSSR count). The Morgan fingerprint density at radius 2 is 1.76 bits per heavy atom. The van der Waals surface area contributed by atoms with Crippen molar-refractivity contribution in [2.75, 3.05) is 11.9 Å². The number of benzene rings is 1. The number of rotatable bonds is 8. The number of aliphatic hydroxyl groups is 1. The van der Waals surface area contributed by atoms with E-state index in [9.17, 15) is 14.7 Å². The fourth-order valence-corrected chi connectivity index (χ4v) is 2.60. The van der Waals surface area contributed by atoms with Gasteiger partial charge in [-0.2, -0.15) is 0 Å². The fraction of sp³-hybridized carbons (Fsp3) is 0.368. The highest BCUT2D eigenvalue weighted by atomic mass is 16.3. The van der Waals surface area contributed by atoms with E-state index in [1.165, 1.54) is 6.26 Å². The number of furan rings is 1. The molecule has 0 spiro atoms. The Bertz CT molecular complexity index is 676. The zero-order chi connectivity index (χ0) is 18.2. The van der Waals surface area contributed by atoms with E-state index in [-0.39, 0.29) is 30.0 Å². The molecule has 0 saturated heterocycles. The van der Waals surface area contributed by atoms with Crippen LogP contribution in [0.25, 0.3) is 0 Å². The number of anilines is 1. The van der Waals surface area contributed by atoms with Crippen LogP contribution in [0.4, 0.5) is 5.69 Å². The van der Waals surface area contributed by atoms with Gasteiger partial charge in [-0.3, -0.25) is 9.59 Å². The topological polar surface area (TPSA) is 91.6 Å². The van der Waals surface area contributed by atoms with E-state index in [4.69, 9.17) is 4.42 Å². The molecule has 0 bridgehead atoms. The highest BCUT2D eigenvalue weighted by Crippen LogP contribution is 2.14. The van der Waals surface area contributed by atoms with Crippen LogP contribution in [0.2, 0.25) is 0 Å². The highest BCUT2D eigenvalue weighted by molar-refractivity contribution is 6.02. The summed E-state index contributed by atoms with van der Waals surface area (Å²) >= 11 is 0. The molecule has 1 heterocycles. The molecule has 0 saturated carbocycles. The van der Waals surface area contributed by atoms with Crippen molar-refractivity contribution in [1.82, 2.24) is 5.32 Å². The van der Waals surface area contributed by atoms with Crippen LogP contribution in [-0.4, -0.2) is 29.6 Å². The zero-order valence-corrected chi connectivity index (χ0v) is 14.5. The number of nitrogens with one attached hydrogen (secondary N) is 2. The Balaban J connectivity index is 1.88. The van der Waals surface area contributed by atoms with E-state index in [2.05, 4.69) is 10.6 Å². The first-order valence-electron chi connectivity index (χ1n) is 8.46. The summed E-state index contributed by atoms with van der Waals surface area (Å²) in [5.41, 5.74) is 1.03. The van der Waals surface area contributed by atoms with E-state index in [0.29, 0.717) is 11.3 Å². The Kier molecular flexibility index (Phi) is 6.77. The third-order valence-corrected chi connectivity index (χ3v) is 4.21. The SMILES string of the molecule is CCC(CC)C(O)CNC(=O)c1ccc(NC(=O)c2ccco2)cc1. The molecule has 1 aromatic carbocycles. The molecule has 0 radical (unpaired) electrons. The maximum absolute atomic E-state index is 12.1. The molecule has 6 heteroatoms. The molecular weight excluding hydrogens is 320 g/mol. The van der Waals surface area contributed by atoms with Crippen molar-refractivity contribution < 1.29 is 19.1 Å². The van der Waals surface area contributed by atoms with Crippen molar-refractivity contribution in [3.8, 4) is 0 Å². The first kappa shape index (κ1) is 18.7. The highest BCUT2D eigenvalue weighted by Gasteiger charge is 2.16. The summed E-state index contributed by atoms with van der Waals surface area (Å²) in [5, 5.41) is 15.5. The van der Waals surface area contributed by atoms with Gasteiger partial charge < -0.3 is 20.2 Å². The second-order valence-electron chi connectivity index (χ2n) is 5.86. The molecule has 2 aromatic rings. The van der Waals surface area contributed by atoms with Crippen molar-refractivity contribution >= 4 is 17.5 Å². The summed E-state index contributed by atoms with van der Waals surface area (Å²) in [6, 6.07) is 9.74. The lowest BCUT2D eigenvalue weighted by molar-refractivity contribution is 0.0816. The third kappa shape index (κ3) is 5.19. The molecule has 0 aliphatic carbocycles. The largest absolute Gasteiger partial charge is 0.459 e. The average molecular weight is 344 g/mol. The van der Waals surface area contributed by atoms with Crippen molar-refractivity contribution in [2.24, 2.45) is 5.92 Å². The lowest BCUT2D eigenvalue weighted by Gasteiger charge is -2.20. The van der Waals surface area contributed by atoms with Crippen LogP contribution in [0.3, 0.4) is 0 Å². The third-order valence-electron chi connectivity index (χ3n) is 4.21. The average Bonchev–Trinajstić information content (AvgIpc) is 3.16. The Morgan fingerprint density at radius 3 is 2.32 bits per heavy atom. The molecule has 2 amide bonds. The summed E-state index contributed by atoms with van der Waals surface area (Å²) < 4.78 is 5.02. The Labute approximate surface area is 147 Å². The van der Waals surface area contributed by atoms with Crippen LogP contribution in [0, 0.1) is 5.92 Å². The Morgan fingerprint density at radius 1 is 1.08 bits per heavy atom. The molecule has 0 aliphatic heterocycles. The summed E-state index contributed by atoms with van der Waals surface area (Å²) in [5.74, 6) is -0.207. The first-order chi connectivity index (χ1) is 12.0. The minimum Gasteiger partial charge on any atom is -0.459 e. The van der Waals surface area contributed by atoms with Gasteiger partial charge in [0.2, 0.25) is 0 Å². The van der Waals surface area contributed by atoms with Gasteiger partial charge in [0.1, 0.15) is 0 Å². The van der Waals surface area contributed by atoms with Gasteiger partial charge in [-0.1, -0.05) is 26.7 Å². The number of aliphatic hydroxyl groups excluding tert-OH is 1. The maximum Gasteiger partial charge on any atom is 0.291 e. The van der Waals surface area contributed by atoms with E-state index in [1.54, 1.807) is 36.4 Å². The minimum atomic E-state index is -0.550. The van der Waals surface area contributed by atoms with Crippen LogP contribution in [-0.2, 0) is 0 Å². The molecule has 25 heavy (non-hydrogen) atoms. The predicted molar refractivity (Wildman–Crippen MR) is 95.5 cm³/mol. The van der Waals surface area contributed by atoms with Gasteiger partial charge in [0.05, 0.1) is 12.4 Å². The van der Waals surface area contributed by atoms with Gasteiger partial charge >= 0.3 is 0 Å². The van der Waals surface area contributed by atoms with Crippen molar-refractivity contribution in [3.63, 3.8) is 0 Å². The number of amides is 2. The minimum absolute atomic E-state index is 0.180. The van der Waals surface area contributed by atoms with Gasteiger partial charge in [-0.05, 0) is 42.3 Å². The molecular formula is C19H24N2O4. The standard InChI is InChI=1S/C19H24N2O4/c1-3-13(4-2)16(22)12-20-18(23)14-7-9-15(10-8-14)21-19(24)17-6-5-11-25-17/h5-11,13,16,22H,3-4,12H2,1-2H3,(H,20,23)(H,21,24). The van der Waals surface area contributed by atoms with E-state index >= 15 is 0 Å². The first-order valence-corrected chi connectivity index (χ1v) is 8.46. The molecule has 0 aliphatic rings. The van der Waals surface area contributed by atoms with Gasteiger partial charge in [0, 0.05) is 17.8 Å². The van der Waals surface area contributed by atoms with Crippen molar-refractivity contribution in [1.29, 1.82) is 0 Å². The molecule has 134 valence electrons. The molecule has 1 atom stereocenters. The molecule has 3 N–H and O–H groups in total. The van der Waals surface area contributed by atoms with Gasteiger partial charge in [-0.25, -0.2) is 0 Å². The maximum atomic E-state index is 12.1. The normalized spacial score (nSPS) is 12.0. The van der Waals surface area contributed by atoms with Gasteiger partial charge in [0.15, 0.2) is 5.76 Å². The predicted octanol–water partition coefficient (Wildman–Crippen LogP) is 3.06. The summed E-state index contributed by atoms with van der Waals surface area (Å²) in [6.07, 6.45) is 2.62. The van der Waals surface area contributed by atoms with Crippen molar-refractivity contribution in [2.45, 2.75) is 32.8 Å². The molecule has 0 fully saturated rings. The molecule has 1 unspecified atom stereocenters. The van der Waals surface area contributed by atoms with E-state index in [1.807, 2.05) is 13.8 Å². The Hall–Kier alpha value is -2.60. The van der Waals surface area contributed by atoms with Crippen LogP contribution >= 0.6 is 0 Å². The fourth-order valence-electron chi connectivity index (χ4n) is 2.60. The van der Waals surface area contributed by atoms with E-state index < -0.39 is 6.10 Å². The van der Waals surface area contributed by atoms with Gasteiger partial charge in [0.25, 0.3) is 11.8 Å². The monoisotopic (exact) mass is 344 g/mol. The van der Waals surface area contributed by atoms with Crippen molar-refractivity contribution in [3.05, 3.63) is 54.0 Å². The lowest BCUT2D eigenvalue weighted by Crippen LogP contribution is -2.36. The number of carbonyl (C=O) groups is 2. The van der Waals surface area contributed by atoms with Gasteiger partial charge in [-0.15, -0.1) is 0 Å². The summed E-state index contributed by atoms with van der Waals surface area (Å²) in [4.78, 5) is 24.0. The summed E-state index contributed by atoms with van der Waals surface area (Å²) in [6.45, 7) is 4.27. The molecule has 6 nitrogen and oxygen atoms in total. The molecule has 1 aromatic heterocycles. The number of hydrogen-bond acceptors (Lipinski definition) is 4. The summed E-state index contributed by atoms with van der Waals surface area (Å²) in [7, 11) is 0. The second-order valence-corrected chi connectivity index (χ2v) is 5.86. The zero-order valence-electron chi connectivity index (χ0n) is 14.5. The number of hydrogen-bond donors (Lipinski definition) is 3. The van der Waals surface area contributed by atoms with Crippen LogP contribution in [0.15, 0.2) is 47.1 Å². The smallest absolute Gasteiger partial charge is 0.291 e.